The number of nitrogens with one attached hydrogen (secondary N) is 2. The van der Waals surface area contributed by atoms with Gasteiger partial charge < -0.3 is 48.5 Å². The quantitative estimate of drug-likeness (QED) is 0.105. The van der Waals surface area contributed by atoms with E-state index in [-0.39, 0.29) is 11.8 Å². The Balaban J connectivity index is 1.21. The van der Waals surface area contributed by atoms with Crippen LogP contribution in [0.2, 0.25) is 0 Å². The fourth-order valence-corrected chi connectivity index (χ4v) is 5.99. The summed E-state index contributed by atoms with van der Waals surface area (Å²) in [5.74, 6) is 4.61. The van der Waals surface area contributed by atoms with E-state index in [2.05, 4.69) is 17.6 Å². The summed E-state index contributed by atoms with van der Waals surface area (Å²) in [6.07, 6.45) is 5.12. The van der Waals surface area contributed by atoms with Crippen LogP contribution in [0.1, 0.15) is 58.5 Å². The predicted molar refractivity (Wildman–Crippen MR) is 202 cm³/mol. The molecule has 0 saturated carbocycles. The number of aryl methyl sites for hydroxylation is 1. The summed E-state index contributed by atoms with van der Waals surface area (Å²) in [6, 6.07) is 19.0. The van der Waals surface area contributed by atoms with Crippen LogP contribution in [0, 0.1) is 12.8 Å². The second kappa shape index (κ2) is 17.5. The third-order valence-electron chi connectivity index (χ3n) is 8.98. The summed E-state index contributed by atoms with van der Waals surface area (Å²) in [5.41, 5.74) is 5.04. The fourth-order valence-electron chi connectivity index (χ4n) is 5.99. The topological polar surface area (TPSA) is 115 Å². The van der Waals surface area contributed by atoms with Gasteiger partial charge in [-0.2, -0.15) is 0 Å². The molecule has 0 aromatic heterocycles. The van der Waals surface area contributed by atoms with Gasteiger partial charge in [0, 0.05) is 5.69 Å². The predicted octanol–water partition coefficient (Wildman–Crippen LogP) is 7.95. The normalized spacial score (nSPS) is 14.1. The van der Waals surface area contributed by atoms with Crippen molar-refractivity contribution in [2.24, 2.45) is 5.92 Å². The summed E-state index contributed by atoms with van der Waals surface area (Å²) in [5, 5.41) is 6.44. The number of methoxy groups -OCH3 is 6. The van der Waals surface area contributed by atoms with E-state index in [1.807, 2.05) is 79.7 Å². The van der Waals surface area contributed by atoms with Gasteiger partial charge in [0.15, 0.2) is 34.5 Å². The summed E-state index contributed by atoms with van der Waals surface area (Å²) in [7, 11) is 9.57. The van der Waals surface area contributed by atoms with Crippen molar-refractivity contribution in [2.75, 3.05) is 61.2 Å². The lowest BCUT2D eigenvalue weighted by Crippen LogP contribution is -2.38. The third-order valence-corrected chi connectivity index (χ3v) is 8.98. The van der Waals surface area contributed by atoms with Gasteiger partial charge in [-0.3, -0.25) is 4.79 Å². The van der Waals surface area contributed by atoms with Gasteiger partial charge in [-0.25, -0.2) is 0 Å². The Morgan fingerprint density at radius 1 is 0.654 bits per heavy atom. The van der Waals surface area contributed by atoms with Crippen molar-refractivity contribution < 1.29 is 42.7 Å². The van der Waals surface area contributed by atoms with Crippen LogP contribution in [0.5, 0.6) is 46.0 Å². The van der Waals surface area contributed by atoms with Gasteiger partial charge in [0.05, 0.1) is 61.4 Å². The molecule has 11 nitrogen and oxygen atoms in total. The minimum Gasteiger partial charge on any atom is -0.493 e. The smallest absolute Gasteiger partial charge is 0.255 e. The largest absolute Gasteiger partial charge is 0.493 e. The van der Waals surface area contributed by atoms with E-state index in [4.69, 9.17) is 37.9 Å². The van der Waals surface area contributed by atoms with Crippen LogP contribution in [0.25, 0.3) is 12.2 Å². The molecule has 0 bridgehead atoms. The molecular weight excluding hydrogens is 664 g/mol. The Labute approximate surface area is 305 Å². The number of ether oxygens (including phenoxy) is 8. The average Bonchev–Trinajstić information content (AvgIpc) is 3.17. The Bertz CT molecular complexity index is 1840. The highest BCUT2D eigenvalue weighted by atomic mass is 16.5. The van der Waals surface area contributed by atoms with Crippen molar-refractivity contribution in [3.63, 3.8) is 0 Å². The summed E-state index contributed by atoms with van der Waals surface area (Å²) in [4.78, 5) is 12.8. The molecule has 1 amide bonds. The van der Waals surface area contributed by atoms with Gasteiger partial charge in [0.1, 0.15) is 6.17 Å². The van der Waals surface area contributed by atoms with Gasteiger partial charge >= 0.3 is 0 Å². The Kier molecular flexibility index (Phi) is 12.6. The molecule has 1 aliphatic heterocycles. The van der Waals surface area contributed by atoms with E-state index in [1.165, 1.54) is 0 Å². The van der Waals surface area contributed by atoms with Crippen molar-refractivity contribution >= 4 is 23.7 Å². The summed E-state index contributed by atoms with van der Waals surface area (Å²) in [6.45, 7) is 4.99. The van der Waals surface area contributed by atoms with Crippen LogP contribution in [0.3, 0.4) is 0 Å². The molecule has 1 aliphatic rings. The van der Waals surface area contributed by atoms with Crippen LogP contribution >= 0.6 is 0 Å². The number of carbonyl (C=O) groups is 1. The van der Waals surface area contributed by atoms with Crippen LogP contribution < -0.4 is 48.5 Å². The molecular formula is C41H48N2O9. The number of benzene rings is 4. The number of amides is 1. The minimum absolute atomic E-state index is 0.120. The molecule has 4 aromatic rings. The molecule has 4 aromatic carbocycles. The van der Waals surface area contributed by atoms with Gasteiger partial charge in [0.25, 0.3) is 5.91 Å². The molecule has 2 N–H and O–H groups in total. The molecule has 0 saturated heterocycles. The summed E-state index contributed by atoms with van der Waals surface area (Å²) >= 11 is 0. The standard InChI is InChI=1S/C41H48N2O9/c1-9-26(24-52-32-15-13-29(23-33(32)45-3)40-42-31-14-10-25(2)18-30(31)41(44)43-40)16-17-51-39-36(48-6)21-28(22-37(39)49-7)12-11-27-19-34(46-4)38(50-8)35(20-27)47-5/h10-15,18-23,26,40,42H,9,16-17,24H2,1-8H3,(H,43,44)/b12-11-. The number of hydrogen-bond acceptors (Lipinski definition) is 10. The van der Waals surface area contributed by atoms with Gasteiger partial charge in [-0.1, -0.05) is 36.8 Å². The Morgan fingerprint density at radius 3 is 1.81 bits per heavy atom. The lowest BCUT2D eigenvalue weighted by atomic mass is 10.0. The van der Waals surface area contributed by atoms with Gasteiger partial charge in [-0.05, 0) is 90.9 Å². The number of rotatable bonds is 17. The van der Waals surface area contributed by atoms with Crippen molar-refractivity contribution in [1.29, 1.82) is 0 Å². The molecule has 0 radical (unpaired) electrons. The number of anilines is 1. The first-order valence-electron chi connectivity index (χ1n) is 17.1. The highest BCUT2D eigenvalue weighted by Crippen LogP contribution is 2.41. The van der Waals surface area contributed by atoms with Crippen LogP contribution in [-0.2, 0) is 0 Å². The van der Waals surface area contributed by atoms with Crippen molar-refractivity contribution in [1.82, 2.24) is 5.32 Å². The molecule has 2 unspecified atom stereocenters. The van der Waals surface area contributed by atoms with Crippen molar-refractivity contribution in [3.8, 4) is 46.0 Å². The Hall–Kier alpha value is -5.71. The highest BCUT2D eigenvalue weighted by Gasteiger charge is 2.26. The van der Waals surface area contributed by atoms with E-state index in [9.17, 15) is 4.79 Å². The molecule has 1 heterocycles. The molecule has 5 rings (SSSR count). The molecule has 276 valence electrons. The lowest BCUT2D eigenvalue weighted by Gasteiger charge is -2.29. The second-order valence-corrected chi connectivity index (χ2v) is 12.3. The zero-order chi connectivity index (χ0) is 37.2. The van der Waals surface area contributed by atoms with Crippen molar-refractivity contribution in [2.45, 2.75) is 32.9 Å². The van der Waals surface area contributed by atoms with Crippen molar-refractivity contribution in [3.05, 3.63) is 88.5 Å². The lowest BCUT2D eigenvalue weighted by molar-refractivity contribution is 0.0935. The first-order chi connectivity index (χ1) is 25.2. The zero-order valence-corrected chi connectivity index (χ0v) is 31.1. The monoisotopic (exact) mass is 712 g/mol. The third kappa shape index (κ3) is 8.59. The fraction of sp³-hybridized carbons (Fsp3) is 0.341. The highest BCUT2D eigenvalue weighted by molar-refractivity contribution is 6.02. The Morgan fingerprint density at radius 2 is 1.25 bits per heavy atom. The average molecular weight is 713 g/mol. The molecule has 52 heavy (non-hydrogen) atoms. The number of carbonyl (C=O) groups excluding carboxylic acids is 1. The molecule has 11 heteroatoms. The maximum atomic E-state index is 12.8. The first-order valence-corrected chi connectivity index (χ1v) is 17.1. The first kappa shape index (κ1) is 37.5. The van der Waals surface area contributed by atoms with E-state index < -0.39 is 6.17 Å². The zero-order valence-electron chi connectivity index (χ0n) is 31.1. The molecule has 0 fully saturated rings. The minimum atomic E-state index is -0.396. The summed E-state index contributed by atoms with van der Waals surface area (Å²) < 4.78 is 46.1. The molecule has 0 aliphatic carbocycles. The van der Waals surface area contributed by atoms with E-state index in [1.54, 1.807) is 42.7 Å². The molecule has 0 spiro atoms. The number of hydrogen-bond donors (Lipinski definition) is 2. The molecule has 2 atom stereocenters. The number of fused-ring (bicyclic) bond motifs is 1. The van der Waals surface area contributed by atoms with E-state index >= 15 is 0 Å². The maximum Gasteiger partial charge on any atom is 0.255 e. The van der Waals surface area contributed by atoms with E-state index in [0.717, 1.165) is 40.8 Å². The van der Waals surface area contributed by atoms with Crippen LogP contribution in [-0.4, -0.2) is 61.8 Å². The SMILES string of the molecule is CCC(CCOc1c(OC)cc(/C=C\c2cc(OC)c(OC)c(OC)c2)cc1OC)COc1ccc(C2NC(=O)c3cc(C)ccc3N2)cc1OC. The van der Waals surface area contributed by atoms with Gasteiger partial charge in [0.2, 0.25) is 11.5 Å². The maximum absolute atomic E-state index is 12.8. The van der Waals surface area contributed by atoms with Crippen LogP contribution in [0.15, 0.2) is 60.7 Å². The second-order valence-electron chi connectivity index (χ2n) is 12.3. The van der Waals surface area contributed by atoms with Gasteiger partial charge in [-0.15, -0.1) is 0 Å². The van der Waals surface area contributed by atoms with Crippen LogP contribution in [0.4, 0.5) is 5.69 Å². The van der Waals surface area contributed by atoms with E-state index in [0.29, 0.717) is 64.8 Å².